The normalized spacial score (nSPS) is 13.0. The van der Waals surface area contributed by atoms with Gasteiger partial charge < -0.3 is 14.2 Å². The van der Waals surface area contributed by atoms with Gasteiger partial charge in [-0.1, -0.05) is 6.07 Å². The van der Waals surface area contributed by atoms with Gasteiger partial charge >= 0.3 is 5.97 Å². The van der Waals surface area contributed by atoms with Gasteiger partial charge in [0, 0.05) is 11.8 Å². The second kappa shape index (κ2) is 8.06. The number of halogens is 2. The molecule has 0 fully saturated rings. The smallest absolute Gasteiger partial charge is 0.326 e. The summed E-state index contributed by atoms with van der Waals surface area (Å²) in [7, 11) is 0. The van der Waals surface area contributed by atoms with E-state index in [9.17, 15) is 18.4 Å². The molecule has 0 radical (unpaired) electrons. The van der Waals surface area contributed by atoms with Crippen LogP contribution in [-0.2, 0) is 9.53 Å². The van der Waals surface area contributed by atoms with Crippen molar-refractivity contribution in [2.45, 2.75) is 26.4 Å². The average molecular weight is 405 g/mol. The molecule has 0 N–H and O–H groups in total. The van der Waals surface area contributed by atoms with Gasteiger partial charge in [0.05, 0.1) is 0 Å². The zero-order chi connectivity index (χ0) is 21.2. The predicted octanol–water partition coefficient (Wildman–Crippen LogP) is 3.72. The Morgan fingerprint density at radius 3 is 2.28 bits per heavy atom. The lowest BCUT2D eigenvalue weighted by atomic mass is 10.1. The molecule has 0 saturated carbocycles. The molecule has 1 aliphatic rings. The molecule has 6 nitrogen and oxygen atoms in total. The van der Waals surface area contributed by atoms with E-state index >= 15 is 0 Å². The van der Waals surface area contributed by atoms with Gasteiger partial charge in [0.25, 0.3) is 5.91 Å². The molecule has 154 valence electrons. The first kappa shape index (κ1) is 20.6. The topological polar surface area (TPSA) is 65.1 Å². The second-order valence-corrected chi connectivity index (χ2v) is 7.40. The Morgan fingerprint density at radius 2 is 1.66 bits per heavy atom. The summed E-state index contributed by atoms with van der Waals surface area (Å²) in [4.78, 5) is 26.4. The number of hydrogen-bond donors (Lipinski definition) is 0. The van der Waals surface area contributed by atoms with Crippen LogP contribution in [-0.4, -0.2) is 37.2 Å². The van der Waals surface area contributed by atoms with Crippen molar-refractivity contribution >= 4 is 17.6 Å². The Kier molecular flexibility index (Phi) is 5.72. The minimum atomic E-state index is -1.03. The van der Waals surface area contributed by atoms with E-state index in [0.29, 0.717) is 24.7 Å². The van der Waals surface area contributed by atoms with Crippen LogP contribution in [0.15, 0.2) is 36.4 Å². The lowest BCUT2D eigenvalue weighted by Gasteiger charge is -2.27. The summed E-state index contributed by atoms with van der Waals surface area (Å²) >= 11 is 0. The Bertz CT molecular complexity index is 919. The number of benzene rings is 2. The molecule has 1 heterocycles. The Morgan fingerprint density at radius 1 is 1.03 bits per heavy atom. The highest BCUT2D eigenvalue weighted by atomic mass is 19.1. The third kappa shape index (κ3) is 4.82. The summed E-state index contributed by atoms with van der Waals surface area (Å²) in [5, 5.41) is 0. The van der Waals surface area contributed by atoms with Crippen LogP contribution >= 0.6 is 0 Å². The number of anilines is 1. The highest BCUT2D eigenvalue weighted by Gasteiger charge is 2.29. The van der Waals surface area contributed by atoms with Crippen molar-refractivity contribution < 1.29 is 32.6 Å². The third-order valence-electron chi connectivity index (χ3n) is 3.97. The standard InChI is InChI=1S/C21H21F2NO5/c1-21(2,3)29-18(25)12-24(20(26)19-14(22)5-4-6-15(19)23)13-7-8-16-17(11-13)28-10-9-27-16/h4-8,11H,9-10,12H2,1-3H3. The molecule has 0 aliphatic carbocycles. The average Bonchev–Trinajstić information content (AvgIpc) is 2.64. The molecule has 2 aromatic carbocycles. The highest BCUT2D eigenvalue weighted by Crippen LogP contribution is 2.34. The number of hydrogen-bond acceptors (Lipinski definition) is 5. The van der Waals surface area contributed by atoms with Gasteiger partial charge in [0.1, 0.15) is 42.6 Å². The minimum absolute atomic E-state index is 0.216. The monoisotopic (exact) mass is 405 g/mol. The second-order valence-electron chi connectivity index (χ2n) is 7.40. The molecular weight excluding hydrogens is 384 g/mol. The summed E-state index contributed by atoms with van der Waals surface area (Å²) in [6.07, 6.45) is 0. The first-order valence-corrected chi connectivity index (χ1v) is 9.03. The van der Waals surface area contributed by atoms with Crippen LogP contribution in [0.1, 0.15) is 31.1 Å². The maximum atomic E-state index is 14.2. The van der Waals surface area contributed by atoms with E-state index in [2.05, 4.69) is 0 Å². The number of fused-ring (bicyclic) bond motifs is 1. The predicted molar refractivity (Wildman–Crippen MR) is 101 cm³/mol. The number of rotatable bonds is 4. The van der Waals surface area contributed by atoms with Crippen LogP contribution in [0.2, 0.25) is 0 Å². The Labute approximate surface area is 167 Å². The zero-order valence-electron chi connectivity index (χ0n) is 16.3. The molecule has 0 unspecified atom stereocenters. The molecule has 0 saturated heterocycles. The summed E-state index contributed by atoms with van der Waals surface area (Å²) in [5.74, 6) is -2.95. The maximum Gasteiger partial charge on any atom is 0.326 e. The van der Waals surface area contributed by atoms with Crippen molar-refractivity contribution in [3.63, 3.8) is 0 Å². The van der Waals surface area contributed by atoms with E-state index in [-0.39, 0.29) is 5.69 Å². The van der Waals surface area contributed by atoms with Gasteiger partial charge in [-0.2, -0.15) is 0 Å². The van der Waals surface area contributed by atoms with Gasteiger partial charge in [-0.05, 0) is 45.0 Å². The highest BCUT2D eigenvalue weighted by molar-refractivity contribution is 6.08. The largest absolute Gasteiger partial charge is 0.486 e. The van der Waals surface area contributed by atoms with E-state index in [1.807, 2.05) is 0 Å². The minimum Gasteiger partial charge on any atom is -0.486 e. The molecule has 3 rings (SSSR count). The Balaban J connectivity index is 2.00. The molecule has 0 bridgehead atoms. The number of amides is 1. The number of nitrogens with zero attached hydrogens (tertiary/aromatic N) is 1. The number of carbonyl (C=O) groups is 2. The molecule has 1 aliphatic heterocycles. The number of esters is 1. The molecule has 0 aromatic heterocycles. The number of carbonyl (C=O) groups excluding carboxylic acids is 2. The molecule has 0 spiro atoms. The van der Waals surface area contributed by atoms with Crippen molar-refractivity contribution in [3.05, 3.63) is 53.6 Å². The van der Waals surface area contributed by atoms with Crippen LogP contribution in [0.4, 0.5) is 14.5 Å². The molecule has 1 amide bonds. The van der Waals surface area contributed by atoms with E-state index in [1.54, 1.807) is 26.8 Å². The molecule has 29 heavy (non-hydrogen) atoms. The van der Waals surface area contributed by atoms with E-state index in [4.69, 9.17) is 14.2 Å². The number of ether oxygens (including phenoxy) is 3. The summed E-state index contributed by atoms with van der Waals surface area (Å²) in [5.41, 5.74) is -1.33. The van der Waals surface area contributed by atoms with Gasteiger partial charge in [-0.3, -0.25) is 14.5 Å². The van der Waals surface area contributed by atoms with Crippen LogP contribution in [0, 0.1) is 11.6 Å². The fraction of sp³-hybridized carbons (Fsp3) is 0.333. The molecular formula is C21H21F2NO5. The van der Waals surface area contributed by atoms with Crippen LogP contribution in [0.3, 0.4) is 0 Å². The van der Waals surface area contributed by atoms with Gasteiger partial charge in [0.15, 0.2) is 11.5 Å². The fourth-order valence-electron chi connectivity index (χ4n) is 2.82. The van der Waals surface area contributed by atoms with E-state index in [1.165, 1.54) is 12.1 Å². The Hall–Kier alpha value is -3.16. The van der Waals surface area contributed by atoms with E-state index in [0.717, 1.165) is 23.1 Å². The van der Waals surface area contributed by atoms with Crippen LogP contribution in [0.25, 0.3) is 0 Å². The third-order valence-corrected chi connectivity index (χ3v) is 3.97. The van der Waals surface area contributed by atoms with Crippen molar-refractivity contribution in [1.82, 2.24) is 0 Å². The summed E-state index contributed by atoms with van der Waals surface area (Å²) in [6.45, 7) is 5.20. The lowest BCUT2D eigenvalue weighted by Crippen LogP contribution is -2.39. The SMILES string of the molecule is CC(C)(C)OC(=O)CN(C(=O)c1c(F)cccc1F)c1ccc2c(c1)OCCO2. The van der Waals surface area contributed by atoms with Crippen molar-refractivity contribution in [1.29, 1.82) is 0 Å². The van der Waals surface area contributed by atoms with Crippen LogP contribution < -0.4 is 14.4 Å². The van der Waals surface area contributed by atoms with Gasteiger partial charge in [0.2, 0.25) is 0 Å². The first-order chi connectivity index (χ1) is 13.7. The lowest BCUT2D eigenvalue weighted by molar-refractivity contribution is -0.152. The van der Waals surface area contributed by atoms with E-state index < -0.39 is 41.2 Å². The van der Waals surface area contributed by atoms with Gasteiger partial charge in [-0.25, -0.2) is 8.78 Å². The first-order valence-electron chi connectivity index (χ1n) is 9.03. The summed E-state index contributed by atoms with van der Waals surface area (Å²) in [6, 6.07) is 7.67. The molecule has 0 atom stereocenters. The van der Waals surface area contributed by atoms with Crippen molar-refractivity contribution in [2.24, 2.45) is 0 Å². The fourth-order valence-corrected chi connectivity index (χ4v) is 2.82. The van der Waals surface area contributed by atoms with Gasteiger partial charge in [-0.15, -0.1) is 0 Å². The van der Waals surface area contributed by atoms with Crippen LogP contribution in [0.5, 0.6) is 11.5 Å². The zero-order valence-corrected chi connectivity index (χ0v) is 16.3. The quantitative estimate of drug-likeness (QED) is 0.726. The maximum absolute atomic E-state index is 14.2. The van der Waals surface area contributed by atoms with Crippen molar-refractivity contribution in [2.75, 3.05) is 24.7 Å². The summed E-state index contributed by atoms with van der Waals surface area (Å²) < 4.78 is 44.6. The molecule has 8 heteroatoms. The molecule has 2 aromatic rings. The van der Waals surface area contributed by atoms with Crippen molar-refractivity contribution in [3.8, 4) is 11.5 Å².